The predicted molar refractivity (Wildman–Crippen MR) is 90.7 cm³/mol. The van der Waals surface area contributed by atoms with Crippen LogP contribution >= 0.6 is 11.6 Å². The van der Waals surface area contributed by atoms with E-state index in [4.69, 9.17) is 21.1 Å². The third kappa shape index (κ3) is 3.63. The molecule has 25 heavy (non-hydrogen) atoms. The summed E-state index contributed by atoms with van der Waals surface area (Å²) in [7, 11) is 1.59. The van der Waals surface area contributed by atoms with Crippen LogP contribution in [0.25, 0.3) is 11.3 Å². The lowest BCUT2D eigenvalue weighted by molar-refractivity contribution is 0.0520. The third-order valence-electron chi connectivity index (χ3n) is 3.50. The summed E-state index contributed by atoms with van der Waals surface area (Å²) >= 11 is 5.91. The van der Waals surface area contributed by atoms with Crippen LogP contribution < -0.4 is 4.74 Å². The van der Waals surface area contributed by atoms with E-state index in [9.17, 15) is 4.79 Å². The van der Waals surface area contributed by atoms with Crippen LogP contribution in [0.1, 0.15) is 23.0 Å². The number of nitrogens with one attached hydrogen (secondary N) is 1. The summed E-state index contributed by atoms with van der Waals surface area (Å²) in [5, 5.41) is 15.2. The van der Waals surface area contributed by atoms with Crippen LogP contribution in [0.15, 0.2) is 30.6 Å². The van der Waals surface area contributed by atoms with Crippen molar-refractivity contribution in [2.24, 2.45) is 0 Å². The largest absolute Gasteiger partial charge is 0.496 e. The molecule has 0 aliphatic heterocycles. The van der Waals surface area contributed by atoms with Gasteiger partial charge in [-0.15, -0.1) is 5.10 Å². The molecule has 0 amide bonds. The molecule has 0 radical (unpaired) electrons. The zero-order valence-electron chi connectivity index (χ0n) is 13.7. The maximum atomic E-state index is 12.0. The van der Waals surface area contributed by atoms with Crippen LogP contribution in [-0.4, -0.2) is 44.9 Å². The van der Waals surface area contributed by atoms with Gasteiger partial charge in [0.2, 0.25) is 0 Å². The molecule has 0 spiro atoms. The molecule has 2 heterocycles. The minimum atomic E-state index is -0.525. The van der Waals surface area contributed by atoms with Crippen LogP contribution in [0, 0.1) is 0 Å². The number of halogens is 1. The minimum Gasteiger partial charge on any atom is -0.496 e. The highest BCUT2D eigenvalue weighted by atomic mass is 35.5. The number of benzene rings is 1. The van der Waals surface area contributed by atoms with Crippen molar-refractivity contribution < 1.29 is 14.3 Å². The molecule has 0 aliphatic rings. The number of aromatic amines is 1. The highest BCUT2D eigenvalue weighted by Gasteiger charge is 2.20. The Balaban J connectivity index is 1.97. The van der Waals surface area contributed by atoms with E-state index in [1.807, 2.05) is 6.07 Å². The summed E-state index contributed by atoms with van der Waals surface area (Å²) in [4.78, 5) is 12.0. The fourth-order valence-corrected chi connectivity index (χ4v) is 2.58. The highest BCUT2D eigenvalue weighted by Crippen LogP contribution is 2.28. The first-order valence-electron chi connectivity index (χ1n) is 7.55. The first-order chi connectivity index (χ1) is 12.1. The normalized spacial score (nSPS) is 10.7. The summed E-state index contributed by atoms with van der Waals surface area (Å²) in [6.45, 7) is 2.45. The monoisotopic (exact) mass is 361 g/mol. The van der Waals surface area contributed by atoms with E-state index < -0.39 is 5.97 Å². The van der Waals surface area contributed by atoms with Crippen molar-refractivity contribution in [1.29, 1.82) is 0 Å². The molecule has 1 aromatic carbocycles. The number of aromatic nitrogens is 5. The average Bonchev–Trinajstić information content (AvgIpc) is 3.24. The third-order valence-corrected chi connectivity index (χ3v) is 3.70. The van der Waals surface area contributed by atoms with Gasteiger partial charge >= 0.3 is 5.97 Å². The topological polar surface area (TPSA) is 94.9 Å². The van der Waals surface area contributed by atoms with E-state index in [0.29, 0.717) is 28.6 Å². The molecule has 1 N–H and O–H groups in total. The molecule has 0 saturated carbocycles. The number of hydrogen-bond donors (Lipinski definition) is 1. The Kier molecular flexibility index (Phi) is 4.99. The maximum absolute atomic E-state index is 12.0. The first-order valence-corrected chi connectivity index (χ1v) is 7.93. The van der Waals surface area contributed by atoms with Crippen LogP contribution in [-0.2, 0) is 11.3 Å². The number of carbonyl (C=O) groups excluding carboxylic acids is 1. The summed E-state index contributed by atoms with van der Waals surface area (Å²) in [6.07, 6.45) is 3.28. The molecule has 0 saturated heterocycles. The highest BCUT2D eigenvalue weighted by molar-refractivity contribution is 6.30. The number of methoxy groups -OCH3 is 1. The molecule has 130 valence electrons. The van der Waals surface area contributed by atoms with Gasteiger partial charge in [-0.2, -0.15) is 15.4 Å². The lowest BCUT2D eigenvalue weighted by Gasteiger charge is -2.10. The average molecular weight is 362 g/mol. The van der Waals surface area contributed by atoms with Gasteiger partial charge in [0.25, 0.3) is 0 Å². The second kappa shape index (κ2) is 7.35. The quantitative estimate of drug-likeness (QED) is 0.678. The van der Waals surface area contributed by atoms with Gasteiger partial charge in [0.15, 0.2) is 5.69 Å². The Labute approximate surface area is 148 Å². The van der Waals surface area contributed by atoms with Crippen LogP contribution in [0.3, 0.4) is 0 Å². The van der Waals surface area contributed by atoms with Crippen molar-refractivity contribution in [2.75, 3.05) is 13.7 Å². The predicted octanol–water partition coefficient (Wildman–Crippen LogP) is 2.56. The fraction of sp³-hybridized carbons (Fsp3) is 0.250. The second-order valence-electron chi connectivity index (χ2n) is 5.12. The number of esters is 1. The number of rotatable bonds is 6. The Morgan fingerprint density at radius 2 is 2.20 bits per heavy atom. The van der Waals surface area contributed by atoms with Crippen molar-refractivity contribution in [3.8, 4) is 17.0 Å². The zero-order chi connectivity index (χ0) is 17.8. The van der Waals surface area contributed by atoms with Gasteiger partial charge in [-0.1, -0.05) is 11.6 Å². The van der Waals surface area contributed by atoms with Gasteiger partial charge < -0.3 is 9.47 Å². The summed E-state index contributed by atoms with van der Waals surface area (Å²) in [5.41, 5.74) is 2.13. The number of hydrogen-bond acceptors (Lipinski definition) is 6. The number of nitrogens with zero attached hydrogens (tertiary/aromatic N) is 4. The molecule has 8 nitrogen and oxygen atoms in total. The molecule has 2 aromatic heterocycles. The molecule has 0 bridgehead atoms. The van der Waals surface area contributed by atoms with Gasteiger partial charge in [-0.25, -0.2) is 4.79 Å². The maximum Gasteiger partial charge on any atom is 0.361 e. The van der Waals surface area contributed by atoms with Gasteiger partial charge in [0, 0.05) is 17.3 Å². The van der Waals surface area contributed by atoms with Crippen LogP contribution in [0.4, 0.5) is 0 Å². The molecule has 0 aliphatic carbocycles. The second-order valence-corrected chi connectivity index (χ2v) is 5.56. The molecule has 3 aromatic rings. The lowest BCUT2D eigenvalue weighted by Crippen LogP contribution is -2.07. The standard InChI is InChI=1S/C16H16ClN5O3/c1-3-25-16(23)15-14(19-21-20-15)10-4-5-13(24-2)11(6-10)8-22-9-12(17)7-18-22/h4-7,9H,3,8H2,1-2H3,(H,19,20,21). The van der Waals surface area contributed by atoms with Gasteiger partial charge in [-0.3, -0.25) is 4.68 Å². The van der Waals surface area contributed by atoms with Crippen molar-refractivity contribution >= 4 is 17.6 Å². The summed E-state index contributed by atoms with van der Waals surface area (Å²) in [5.74, 6) is 0.166. The Morgan fingerprint density at radius 1 is 1.36 bits per heavy atom. The number of carbonyl (C=O) groups is 1. The van der Waals surface area contributed by atoms with Crippen molar-refractivity contribution in [3.05, 3.63) is 46.9 Å². The van der Waals surface area contributed by atoms with Gasteiger partial charge in [0.1, 0.15) is 11.4 Å². The van der Waals surface area contributed by atoms with E-state index >= 15 is 0 Å². The molecule has 0 unspecified atom stereocenters. The number of H-pyrrole nitrogens is 1. The Hall–Kier alpha value is -2.87. The molecule has 0 atom stereocenters. The first kappa shape index (κ1) is 17.0. The number of ether oxygens (including phenoxy) is 2. The van der Waals surface area contributed by atoms with Crippen molar-refractivity contribution in [2.45, 2.75) is 13.5 Å². The Morgan fingerprint density at radius 3 is 2.88 bits per heavy atom. The smallest absolute Gasteiger partial charge is 0.361 e. The summed E-state index contributed by atoms with van der Waals surface area (Å²) in [6, 6.07) is 5.48. The van der Waals surface area contributed by atoms with Gasteiger partial charge in [0.05, 0.1) is 31.5 Å². The van der Waals surface area contributed by atoms with E-state index in [0.717, 1.165) is 5.56 Å². The van der Waals surface area contributed by atoms with E-state index in [1.54, 1.807) is 43.2 Å². The molecule has 0 fully saturated rings. The van der Waals surface area contributed by atoms with Crippen LogP contribution in [0.5, 0.6) is 5.75 Å². The minimum absolute atomic E-state index is 0.139. The Bertz CT molecular complexity index is 890. The van der Waals surface area contributed by atoms with E-state index in [2.05, 4.69) is 20.5 Å². The van der Waals surface area contributed by atoms with Crippen LogP contribution in [0.2, 0.25) is 5.02 Å². The molecular weight excluding hydrogens is 346 g/mol. The lowest BCUT2D eigenvalue weighted by atomic mass is 10.1. The molecule has 9 heteroatoms. The van der Waals surface area contributed by atoms with E-state index in [-0.39, 0.29) is 12.3 Å². The molecular formula is C16H16ClN5O3. The summed E-state index contributed by atoms with van der Waals surface area (Å²) < 4.78 is 12.1. The van der Waals surface area contributed by atoms with Crippen molar-refractivity contribution in [3.63, 3.8) is 0 Å². The SMILES string of the molecule is CCOC(=O)c1n[nH]nc1-c1ccc(OC)c(Cn2cc(Cl)cn2)c1. The van der Waals surface area contributed by atoms with Gasteiger partial charge in [-0.05, 0) is 25.1 Å². The molecule has 3 rings (SSSR count). The fourth-order valence-electron chi connectivity index (χ4n) is 2.42. The van der Waals surface area contributed by atoms with E-state index in [1.165, 1.54) is 0 Å². The zero-order valence-corrected chi connectivity index (χ0v) is 14.4. The van der Waals surface area contributed by atoms with Crippen molar-refractivity contribution in [1.82, 2.24) is 25.2 Å².